The minimum atomic E-state index is 0.0107. The Bertz CT molecular complexity index is 1260. The molecule has 216 valence electrons. The number of unbranched alkanes of at least 4 members (excludes halogenated alkanes) is 2. The first-order valence-corrected chi connectivity index (χ1v) is 15.2. The number of aliphatic hydroxyl groups excluding tert-OH is 1. The van der Waals surface area contributed by atoms with E-state index in [0.29, 0.717) is 39.9 Å². The van der Waals surface area contributed by atoms with Crippen molar-refractivity contribution in [2.24, 2.45) is 4.99 Å². The van der Waals surface area contributed by atoms with Crippen LogP contribution < -0.4 is 10.2 Å². The van der Waals surface area contributed by atoms with Crippen LogP contribution in [0.3, 0.4) is 0 Å². The van der Waals surface area contributed by atoms with Crippen molar-refractivity contribution >= 4 is 51.3 Å². The summed E-state index contributed by atoms with van der Waals surface area (Å²) in [6.45, 7) is 12.6. The number of nitrogens with one attached hydrogen (secondary N) is 1. The molecule has 1 fully saturated rings. The van der Waals surface area contributed by atoms with Crippen molar-refractivity contribution in [3.63, 3.8) is 0 Å². The quantitative estimate of drug-likeness (QED) is 0.149. The van der Waals surface area contributed by atoms with Crippen molar-refractivity contribution in [3.8, 4) is 0 Å². The molecule has 0 bridgehead atoms. The Morgan fingerprint density at radius 1 is 1.20 bits per heavy atom. The van der Waals surface area contributed by atoms with Crippen molar-refractivity contribution in [2.75, 3.05) is 49.5 Å². The number of rotatable bonds is 12. The Balaban J connectivity index is 1.53. The normalized spacial score (nSPS) is 15.3. The Morgan fingerprint density at radius 3 is 2.73 bits per heavy atom. The third-order valence-electron chi connectivity index (χ3n) is 6.82. The van der Waals surface area contributed by atoms with Gasteiger partial charge in [0, 0.05) is 38.8 Å². The number of anilines is 3. The van der Waals surface area contributed by atoms with E-state index in [1.165, 1.54) is 24.2 Å². The van der Waals surface area contributed by atoms with Gasteiger partial charge in [0.05, 0.1) is 29.6 Å². The van der Waals surface area contributed by atoms with Gasteiger partial charge in [-0.25, -0.2) is 19.9 Å². The van der Waals surface area contributed by atoms with Crippen LogP contribution in [0.15, 0.2) is 35.5 Å². The number of aryl methyl sites for hydroxylation is 2. The van der Waals surface area contributed by atoms with Crippen molar-refractivity contribution in [1.29, 1.82) is 0 Å². The lowest BCUT2D eigenvalue weighted by atomic mass is 10.1. The SMILES string of the molecule is CCCCCC(C)OC(=Nc1c(C)cccc1Cl)c1cnc(Nc2cc(N3CCN(CCO)CC3)nc(C)n2)s1. The van der Waals surface area contributed by atoms with E-state index in [0.717, 1.165) is 55.3 Å². The van der Waals surface area contributed by atoms with Gasteiger partial charge in [0.1, 0.15) is 22.3 Å². The molecule has 0 radical (unpaired) electrons. The number of aromatic nitrogens is 3. The predicted octanol–water partition coefficient (Wildman–Crippen LogP) is 6.12. The van der Waals surface area contributed by atoms with Gasteiger partial charge in [-0.2, -0.15) is 0 Å². The van der Waals surface area contributed by atoms with Gasteiger partial charge in [0.15, 0.2) is 5.13 Å². The van der Waals surface area contributed by atoms with Crippen molar-refractivity contribution in [3.05, 3.63) is 51.7 Å². The van der Waals surface area contributed by atoms with Crippen LogP contribution in [0.4, 0.5) is 22.5 Å². The predicted molar refractivity (Wildman–Crippen MR) is 165 cm³/mol. The van der Waals surface area contributed by atoms with Crippen LogP contribution in [-0.2, 0) is 4.74 Å². The highest BCUT2D eigenvalue weighted by atomic mass is 35.5. The number of β-amino-alcohol motifs (C(OH)–C–C–N with tert-alkyl or cyclic N) is 1. The Kier molecular flexibility index (Phi) is 11.1. The molecule has 2 N–H and O–H groups in total. The standard InChI is InChI=1S/C29H40ClN7O2S/c1-5-6-7-10-21(3)39-28(35-27-20(2)9-8-11-23(27)30)24-19-31-29(40-24)34-25-18-26(33-22(4)32-25)37-14-12-36(13-15-37)16-17-38/h8-9,11,18-19,21,38H,5-7,10,12-17H2,1-4H3,(H,31,32,33,34). The Labute approximate surface area is 246 Å². The fourth-order valence-corrected chi connectivity index (χ4v) is 5.62. The molecule has 0 amide bonds. The summed E-state index contributed by atoms with van der Waals surface area (Å²) in [4.78, 5) is 24.1. The molecule has 1 saturated heterocycles. The first kappa shape index (κ1) is 30.2. The van der Waals surface area contributed by atoms with E-state index >= 15 is 0 Å². The van der Waals surface area contributed by atoms with E-state index in [2.05, 4.69) is 43.9 Å². The van der Waals surface area contributed by atoms with E-state index in [4.69, 9.17) is 21.3 Å². The van der Waals surface area contributed by atoms with Crippen LogP contribution in [0.5, 0.6) is 0 Å². The van der Waals surface area contributed by atoms with Gasteiger partial charge in [-0.3, -0.25) is 4.90 Å². The summed E-state index contributed by atoms with van der Waals surface area (Å²) in [5.41, 5.74) is 1.69. The summed E-state index contributed by atoms with van der Waals surface area (Å²) in [6.07, 6.45) is 6.20. The number of piperazine rings is 1. The fraction of sp³-hybridized carbons (Fsp3) is 0.517. The van der Waals surface area contributed by atoms with E-state index in [9.17, 15) is 5.11 Å². The lowest BCUT2D eigenvalue weighted by Gasteiger charge is -2.35. The van der Waals surface area contributed by atoms with Crippen LogP contribution in [0, 0.1) is 13.8 Å². The molecule has 2 aromatic heterocycles. The monoisotopic (exact) mass is 585 g/mol. The summed E-state index contributed by atoms with van der Waals surface area (Å²) in [5.74, 6) is 2.79. The summed E-state index contributed by atoms with van der Waals surface area (Å²) in [5, 5.41) is 13.9. The van der Waals surface area contributed by atoms with Gasteiger partial charge in [-0.05, 0) is 45.2 Å². The molecular formula is C29H40ClN7O2S. The van der Waals surface area contributed by atoms with Crippen molar-refractivity contribution < 1.29 is 9.84 Å². The fourth-order valence-electron chi connectivity index (χ4n) is 4.60. The van der Waals surface area contributed by atoms with Crippen LogP contribution in [0.2, 0.25) is 5.02 Å². The summed E-state index contributed by atoms with van der Waals surface area (Å²) < 4.78 is 6.39. The smallest absolute Gasteiger partial charge is 0.233 e. The van der Waals surface area contributed by atoms with Gasteiger partial charge in [0.25, 0.3) is 0 Å². The largest absolute Gasteiger partial charge is 0.474 e. The van der Waals surface area contributed by atoms with Crippen LogP contribution in [-0.4, -0.2) is 76.3 Å². The molecule has 1 aliphatic rings. The van der Waals surface area contributed by atoms with Crippen LogP contribution in [0.1, 0.15) is 55.8 Å². The number of para-hydroxylation sites is 1. The highest BCUT2D eigenvalue weighted by molar-refractivity contribution is 7.17. The maximum Gasteiger partial charge on any atom is 0.233 e. The van der Waals surface area contributed by atoms with E-state index in [1.54, 1.807) is 6.20 Å². The van der Waals surface area contributed by atoms with E-state index in [1.807, 2.05) is 38.1 Å². The molecular weight excluding hydrogens is 546 g/mol. The molecule has 0 spiro atoms. The zero-order chi connectivity index (χ0) is 28.5. The molecule has 4 rings (SSSR count). The van der Waals surface area contributed by atoms with Crippen molar-refractivity contribution in [1.82, 2.24) is 19.9 Å². The number of thiazole rings is 1. The first-order valence-electron chi connectivity index (χ1n) is 14.0. The molecule has 3 aromatic rings. The second kappa shape index (κ2) is 14.7. The van der Waals surface area contributed by atoms with Gasteiger partial charge in [-0.15, -0.1) is 0 Å². The van der Waals surface area contributed by atoms with Gasteiger partial charge in [0.2, 0.25) is 5.90 Å². The molecule has 9 nitrogen and oxygen atoms in total. The molecule has 1 atom stereocenters. The lowest BCUT2D eigenvalue weighted by Crippen LogP contribution is -2.47. The number of hydrogen-bond donors (Lipinski definition) is 2. The number of ether oxygens (including phenoxy) is 1. The van der Waals surface area contributed by atoms with Crippen molar-refractivity contribution in [2.45, 2.75) is 59.5 Å². The summed E-state index contributed by atoms with van der Waals surface area (Å²) in [6, 6.07) is 7.72. The van der Waals surface area contributed by atoms with E-state index in [-0.39, 0.29) is 12.7 Å². The number of nitrogens with zero attached hydrogens (tertiary/aromatic N) is 6. The minimum Gasteiger partial charge on any atom is -0.474 e. The summed E-state index contributed by atoms with van der Waals surface area (Å²) >= 11 is 7.98. The highest BCUT2D eigenvalue weighted by Gasteiger charge is 2.20. The topological polar surface area (TPSA) is 99.0 Å². The second-order valence-electron chi connectivity index (χ2n) is 10.1. The molecule has 0 aliphatic carbocycles. The molecule has 3 heterocycles. The average molecular weight is 586 g/mol. The number of hydrogen-bond acceptors (Lipinski definition) is 10. The average Bonchev–Trinajstić information content (AvgIpc) is 3.39. The van der Waals surface area contributed by atoms with Gasteiger partial charge in [-0.1, -0.05) is 54.8 Å². The third-order valence-corrected chi connectivity index (χ3v) is 8.02. The molecule has 11 heteroatoms. The summed E-state index contributed by atoms with van der Waals surface area (Å²) in [7, 11) is 0. The minimum absolute atomic E-state index is 0.0107. The second-order valence-corrected chi connectivity index (χ2v) is 11.5. The van der Waals surface area contributed by atoms with Gasteiger partial charge >= 0.3 is 0 Å². The Hall–Kier alpha value is -2.79. The number of halogens is 1. The number of aliphatic imine (C=N–C) groups is 1. The van der Waals surface area contributed by atoms with Crippen LogP contribution in [0.25, 0.3) is 0 Å². The first-order chi connectivity index (χ1) is 19.4. The van der Waals surface area contributed by atoms with Crippen LogP contribution >= 0.6 is 22.9 Å². The third kappa shape index (κ3) is 8.36. The molecule has 40 heavy (non-hydrogen) atoms. The Morgan fingerprint density at radius 2 is 2.00 bits per heavy atom. The maximum atomic E-state index is 9.22. The zero-order valence-corrected chi connectivity index (χ0v) is 25.4. The highest BCUT2D eigenvalue weighted by Crippen LogP contribution is 2.31. The molecule has 1 aromatic carbocycles. The molecule has 0 saturated carbocycles. The zero-order valence-electron chi connectivity index (χ0n) is 23.9. The molecule has 1 aliphatic heterocycles. The van der Waals surface area contributed by atoms with Gasteiger partial charge < -0.3 is 20.1 Å². The number of aliphatic hydroxyl groups is 1. The molecule has 1 unspecified atom stereocenters. The number of benzene rings is 1. The maximum absolute atomic E-state index is 9.22. The lowest BCUT2D eigenvalue weighted by molar-refractivity contribution is 0.188. The van der Waals surface area contributed by atoms with E-state index < -0.39 is 0 Å².